The molecule has 0 aromatic carbocycles. The van der Waals surface area contributed by atoms with Crippen LogP contribution in [-0.2, 0) is 0 Å². The summed E-state index contributed by atoms with van der Waals surface area (Å²) < 4.78 is 0. The van der Waals surface area contributed by atoms with Crippen molar-refractivity contribution in [1.29, 1.82) is 0 Å². The average Bonchev–Trinajstić information content (AvgIpc) is 3.41. The van der Waals surface area contributed by atoms with Gasteiger partial charge in [-0.05, 0) is 111 Å². The largest absolute Gasteiger partial charge is 0.393 e. The van der Waals surface area contributed by atoms with E-state index in [0.717, 1.165) is 54.9 Å². The van der Waals surface area contributed by atoms with Crippen molar-refractivity contribution in [3.63, 3.8) is 0 Å². The van der Waals surface area contributed by atoms with Crippen LogP contribution in [0, 0.1) is 46.3 Å². The fourth-order valence-electron chi connectivity index (χ4n) is 11.4. The first kappa shape index (κ1) is 41.1. The Morgan fingerprint density at radius 2 is 1.28 bits per heavy atom. The molecule has 3 saturated carbocycles. The summed E-state index contributed by atoms with van der Waals surface area (Å²) in [7, 11) is 0. The minimum Gasteiger partial charge on any atom is -0.393 e. The number of unbranched alkanes of at least 4 members (excludes halogenated alkanes) is 15. The molecule has 0 saturated heterocycles. The van der Waals surface area contributed by atoms with Crippen molar-refractivity contribution < 1.29 is 5.11 Å². The molecule has 2 heteroatoms. The Kier molecular flexibility index (Phi) is 19.0. The van der Waals surface area contributed by atoms with Crippen LogP contribution in [0.1, 0.15) is 215 Å². The van der Waals surface area contributed by atoms with Crippen molar-refractivity contribution in [1.82, 2.24) is 0 Å². The highest BCUT2D eigenvalue weighted by molar-refractivity contribution is 5.25. The van der Waals surface area contributed by atoms with Crippen molar-refractivity contribution >= 4 is 0 Å². The van der Waals surface area contributed by atoms with E-state index in [2.05, 4.69) is 47.6 Å². The van der Waals surface area contributed by atoms with Gasteiger partial charge in [0.25, 0.3) is 0 Å². The van der Waals surface area contributed by atoms with Crippen molar-refractivity contribution in [2.45, 2.75) is 221 Å². The molecule has 4 rings (SSSR count). The quantitative estimate of drug-likeness (QED) is 0.0954. The number of hydrogen-bond donors (Lipinski definition) is 2. The number of aliphatic hydroxyl groups is 1. The van der Waals surface area contributed by atoms with Crippen LogP contribution in [0.3, 0.4) is 0 Å². The molecule has 0 heterocycles. The third-order valence-electron chi connectivity index (χ3n) is 14.3. The smallest absolute Gasteiger partial charge is 0.0577 e. The van der Waals surface area contributed by atoms with Gasteiger partial charge in [0.15, 0.2) is 0 Å². The summed E-state index contributed by atoms with van der Waals surface area (Å²) in [5.41, 5.74) is 8.09. The van der Waals surface area contributed by atoms with Gasteiger partial charge in [0, 0.05) is 0 Å². The predicted octanol–water partition coefficient (Wildman–Crippen LogP) is 13.6. The zero-order chi connectivity index (χ0) is 34.1. The highest BCUT2D eigenvalue weighted by atomic mass is 16.3. The van der Waals surface area contributed by atoms with Crippen LogP contribution in [0.2, 0.25) is 0 Å². The van der Waals surface area contributed by atoms with Gasteiger partial charge in [-0.3, -0.25) is 0 Å². The normalized spacial score (nSPS) is 32.2. The Labute approximate surface area is 295 Å². The monoisotopic (exact) mass is 656 g/mol. The fraction of sp³-hybridized carbons (Fsp3) is 0.956. The molecule has 0 radical (unpaired) electrons. The van der Waals surface area contributed by atoms with Crippen LogP contribution in [0.15, 0.2) is 11.6 Å². The molecule has 0 bridgehead atoms. The first-order chi connectivity index (χ1) is 22.7. The van der Waals surface area contributed by atoms with Crippen LogP contribution in [0.25, 0.3) is 0 Å². The SMILES string of the molecule is CC(C)CCCC(C)[C@H]1CC[C@H]2[C@@H]3CC=C4C[C@@H](O)CC[C@]4(C)[C@H]3CC[C@]12C.CCCCCCCCCCCCCCCCCCN. The molecule has 1 unspecified atom stereocenters. The number of fused-ring (bicyclic) bond motifs is 5. The number of aliphatic hydroxyl groups excluding tert-OH is 1. The van der Waals surface area contributed by atoms with Crippen LogP contribution in [0.5, 0.6) is 0 Å². The molecule has 0 amide bonds. The second-order valence-electron chi connectivity index (χ2n) is 18.3. The van der Waals surface area contributed by atoms with Crippen LogP contribution < -0.4 is 5.73 Å². The molecule has 0 aromatic heterocycles. The molecular weight excluding hydrogens is 571 g/mol. The Hall–Kier alpha value is -0.340. The molecule has 0 aliphatic heterocycles. The standard InChI is InChI=1S/C27H46O.C18H39N/c1-18(2)7-6-8-19(3)23-11-12-24-22-10-9-20-17-21(28)13-15-26(20,4)25(22)14-16-27(23,24)5;1-2-3-4-5-6-7-8-9-10-11-12-13-14-15-16-17-18-19/h9,18-19,21-25,28H,6-8,10-17H2,1-5H3;2-19H2,1H3/t19?,21-,22-,23+,24-,25-,26-,27+;/m0./s1. The lowest BCUT2D eigenvalue weighted by molar-refractivity contribution is -0.0573. The lowest BCUT2D eigenvalue weighted by Crippen LogP contribution is -2.50. The van der Waals surface area contributed by atoms with E-state index in [1.165, 1.54) is 161 Å². The minimum atomic E-state index is -0.0766. The Balaban J connectivity index is 0.000000279. The second-order valence-corrected chi connectivity index (χ2v) is 18.3. The highest BCUT2D eigenvalue weighted by Gasteiger charge is 2.59. The number of rotatable bonds is 21. The number of allylic oxidation sites excluding steroid dienone is 1. The summed E-state index contributed by atoms with van der Waals surface area (Å²) in [5.74, 6) is 5.46. The Bertz CT molecular complexity index is 833. The van der Waals surface area contributed by atoms with Gasteiger partial charge in [-0.25, -0.2) is 0 Å². The maximum absolute atomic E-state index is 10.2. The first-order valence-electron chi connectivity index (χ1n) is 21.7. The van der Waals surface area contributed by atoms with Gasteiger partial charge in [0.05, 0.1) is 6.10 Å². The van der Waals surface area contributed by atoms with E-state index in [-0.39, 0.29) is 6.10 Å². The van der Waals surface area contributed by atoms with Gasteiger partial charge in [0.1, 0.15) is 0 Å². The molecule has 8 atom stereocenters. The second kappa shape index (κ2) is 21.8. The Morgan fingerprint density at radius 1 is 0.702 bits per heavy atom. The van der Waals surface area contributed by atoms with E-state index in [9.17, 15) is 5.11 Å². The molecule has 47 heavy (non-hydrogen) atoms. The number of nitrogens with two attached hydrogens (primary N) is 1. The van der Waals surface area contributed by atoms with Crippen molar-refractivity contribution in [2.24, 2.45) is 52.1 Å². The van der Waals surface area contributed by atoms with Gasteiger partial charge < -0.3 is 10.8 Å². The summed E-state index contributed by atoms with van der Waals surface area (Å²) in [6.45, 7) is 15.7. The zero-order valence-electron chi connectivity index (χ0n) is 32.9. The van der Waals surface area contributed by atoms with Crippen LogP contribution in [-0.4, -0.2) is 17.8 Å². The van der Waals surface area contributed by atoms with Gasteiger partial charge in [0.2, 0.25) is 0 Å². The summed E-state index contributed by atoms with van der Waals surface area (Å²) in [5, 5.41) is 10.2. The molecule has 4 aliphatic carbocycles. The highest BCUT2D eigenvalue weighted by Crippen LogP contribution is 2.67. The first-order valence-corrected chi connectivity index (χ1v) is 21.7. The lowest BCUT2D eigenvalue weighted by atomic mass is 9.47. The predicted molar refractivity (Wildman–Crippen MR) is 208 cm³/mol. The molecule has 4 aliphatic rings. The summed E-state index contributed by atoms with van der Waals surface area (Å²) in [6, 6.07) is 0. The zero-order valence-corrected chi connectivity index (χ0v) is 32.9. The maximum Gasteiger partial charge on any atom is 0.0577 e. The van der Waals surface area contributed by atoms with Crippen molar-refractivity contribution in [3.05, 3.63) is 11.6 Å². The van der Waals surface area contributed by atoms with E-state index in [1.54, 1.807) is 5.57 Å². The van der Waals surface area contributed by atoms with E-state index >= 15 is 0 Å². The minimum absolute atomic E-state index is 0.0766. The molecule has 2 nitrogen and oxygen atoms in total. The molecule has 0 spiro atoms. The van der Waals surface area contributed by atoms with Crippen LogP contribution >= 0.6 is 0 Å². The van der Waals surface area contributed by atoms with Gasteiger partial charge in [-0.15, -0.1) is 0 Å². The Morgan fingerprint density at radius 3 is 1.83 bits per heavy atom. The van der Waals surface area contributed by atoms with Gasteiger partial charge in [-0.2, -0.15) is 0 Å². The number of hydrogen-bond acceptors (Lipinski definition) is 2. The summed E-state index contributed by atoms with van der Waals surface area (Å²) in [6.07, 6.45) is 40.0. The van der Waals surface area contributed by atoms with Gasteiger partial charge >= 0.3 is 0 Å². The maximum atomic E-state index is 10.2. The summed E-state index contributed by atoms with van der Waals surface area (Å²) >= 11 is 0. The molecule has 3 fully saturated rings. The van der Waals surface area contributed by atoms with E-state index in [4.69, 9.17) is 5.73 Å². The molecule has 276 valence electrons. The van der Waals surface area contributed by atoms with Crippen molar-refractivity contribution in [3.8, 4) is 0 Å². The van der Waals surface area contributed by atoms with E-state index in [1.807, 2.05) is 0 Å². The van der Waals surface area contributed by atoms with Crippen LogP contribution in [0.4, 0.5) is 0 Å². The third kappa shape index (κ3) is 12.4. The summed E-state index contributed by atoms with van der Waals surface area (Å²) in [4.78, 5) is 0. The van der Waals surface area contributed by atoms with E-state index < -0.39 is 0 Å². The fourth-order valence-corrected chi connectivity index (χ4v) is 11.4. The molecular formula is C45H85NO. The third-order valence-corrected chi connectivity index (χ3v) is 14.3. The van der Waals surface area contributed by atoms with Crippen molar-refractivity contribution in [2.75, 3.05) is 6.54 Å². The average molecular weight is 656 g/mol. The topological polar surface area (TPSA) is 46.2 Å². The molecule has 0 aromatic rings. The van der Waals surface area contributed by atoms with Gasteiger partial charge in [-0.1, -0.05) is 169 Å². The molecule has 3 N–H and O–H groups in total. The lowest BCUT2D eigenvalue weighted by Gasteiger charge is -2.58. The van der Waals surface area contributed by atoms with E-state index in [0.29, 0.717) is 10.8 Å².